The molecule has 22 heteroatoms. The third kappa shape index (κ3) is 14.3. The van der Waals surface area contributed by atoms with Gasteiger partial charge in [-0.2, -0.15) is 13.2 Å². The highest BCUT2D eigenvalue weighted by Gasteiger charge is 2.45. The first-order valence-corrected chi connectivity index (χ1v) is 20.8. The minimum atomic E-state index is -5.20. The number of esters is 1. The number of amides is 4. The molecule has 5 rings (SSSR count). The number of Topliss-reactive ketones (excluding diaryl/α,β-unsaturated/α-hetero) is 1. The Balaban J connectivity index is 1.12. The molecule has 0 aliphatic carbocycles. The van der Waals surface area contributed by atoms with Gasteiger partial charge in [0.25, 0.3) is 11.8 Å². The molecule has 0 bridgehead atoms. The number of carbonyl (C=O) groups excluding carboxylic acids is 7. The summed E-state index contributed by atoms with van der Waals surface area (Å²) in [6.07, 6.45) is -5.42. The van der Waals surface area contributed by atoms with E-state index in [1.54, 1.807) is 56.4 Å². The summed E-state index contributed by atoms with van der Waals surface area (Å²) in [6, 6.07) is 13.0. The number of hydrogen-bond donors (Lipinski definition) is 1. The van der Waals surface area contributed by atoms with Crippen LogP contribution < -0.4 is 10.1 Å². The maximum Gasteiger partial charge on any atom is 0.471 e. The van der Waals surface area contributed by atoms with Crippen molar-refractivity contribution in [1.82, 2.24) is 30.3 Å². The highest BCUT2D eigenvalue weighted by atomic mass is 19.4. The lowest BCUT2D eigenvalue weighted by molar-refractivity contribution is -0.267. The van der Waals surface area contributed by atoms with Gasteiger partial charge in [0.05, 0.1) is 26.4 Å². The van der Waals surface area contributed by atoms with Crippen LogP contribution in [-0.2, 0) is 72.2 Å². The maximum absolute atomic E-state index is 13.4. The number of hydrogen-bond acceptors (Lipinski definition) is 15. The number of carbonyl (C=O) groups is 7. The predicted octanol–water partition coefficient (Wildman–Crippen LogP) is 4.45. The highest BCUT2D eigenvalue weighted by molar-refractivity contribution is 6.01. The zero-order valence-corrected chi connectivity index (χ0v) is 36.2. The molecule has 3 heterocycles. The largest absolute Gasteiger partial charge is 0.496 e. The summed E-state index contributed by atoms with van der Waals surface area (Å²) in [5.74, 6) is -5.74. The van der Waals surface area contributed by atoms with Gasteiger partial charge in [-0.3, -0.25) is 24.0 Å². The number of rotatable bonds is 21. The number of methoxy groups -OCH3 is 1. The fraction of sp³-hybridized carbons (Fsp3) is 0.512. The van der Waals surface area contributed by atoms with Crippen LogP contribution in [0.3, 0.4) is 0 Å². The summed E-state index contributed by atoms with van der Waals surface area (Å²) in [5, 5.41) is 11.6. The summed E-state index contributed by atoms with van der Waals surface area (Å²) in [4.78, 5) is 90.1. The maximum atomic E-state index is 13.4. The average molecular weight is 917 g/mol. The van der Waals surface area contributed by atoms with Crippen molar-refractivity contribution in [1.29, 1.82) is 0 Å². The average Bonchev–Trinajstić information content (AvgIpc) is 3.87. The summed E-state index contributed by atoms with van der Waals surface area (Å²) < 4.78 is 70.4. The second-order valence-electron chi connectivity index (χ2n) is 15.5. The summed E-state index contributed by atoms with van der Waals surface area (Å²) in [7, 11) is 1.45. The molecule has 0 spiro atoms. The van der Waals surface area contributed by atoms with Crippen molar-refractivity contribution in [2.24, 2.45) is 11.8 Å². The Hall–Kier alpha value is -6.42. The van der Waals surface area contributed by atoms with Gasteiger partial charge in [0.2, 0.25) is 0 Å². The summed E-state index contributed by atoms with van der Waals surface area (Å²) in [6.45, 7) is 3.00. The third-order valence-corrected chi connectivity index (χ3v) is 10.6. The number of nitrogens with one attached hydrogen (secondary N) is 1. The molecule has 5 atom stereocenters. The normalized spacial score (nSPS) is 19.7. The molecule has 2 fully saturated rings. The molecule has 3 aromatic rings. The molecule has 65 heavy (non-hydrogen) atoms. The Labute approximate surface area is 371 Å². The smallest absolute Gasteiger partial charge is 0.471 e. The number of benzene rings is 2. The van der Waals surface area contributed by atoms with E-state index in [0.717, 1.165) is 0 Å². The first-order valence-electron chi connectivity index (χ1n) is 20.8. The Morgan fingerprint density at radius 1 is 0.969 bits per heavy atom. The van der Waals surface area contributed by atoms with E-state index in [1.807, 2.05) is 0 Å². The molecular formula is C43H51F3N6O13. The molecule has 2 unspecified atom stereocenters. The predicted molar refractivity (Wildman–Crippen MR) is 217 cm³/mol. The number of ether oxygens (including phenoxy) is 5. The molecule has 2 aliphatic heterocycles. The lowest BCUT2D eigenvalue weighted by atomic mass is 9.84. The van der Waals surface area contributed by atoms with E-state index in [2.05, 4.69) is 15.6 Å². The number of aromatic nitrogens is 3. The van der Waals surface area contributed by atoms with Crippen LogP contribution in [0.4, 0.5) is 18.0 Å². The van der Waals surface area contributed by atoms with Crippen molar-refractivity contribution in [3.8, 4) is 17.0 Å². The Kier molecular flexibility index (Phi) is 17.5. The van der Waals surface area contributed by atoms with Gasteiger partial charge in [-0.05, 0) is 24.5 Å². The molecule has 1 aromatic heterocycles. The number of alkyl halides is 3. The molecule has 0 radical (unpaired) electrons. The molecule has 0 saturated carbocycles. The van der Waals surface area contributed by atoms with Gasteiger partial charge >= 0.3 is 30.1 Å². The van der Waals surface area contributed by atoms with E-state index in [-0.39, 0.29) is 44.9 Å². The topological polar surface area (TPSA) is 224 Å². The molecule has 1 N–H and O–H groups in total. The van der Waals surface area contributed by atoms with Gasteiger partial charge in [0, 0.05) is 62.2 Å². The lowest BCUT2D eigenvalue weighted by Gasteiger charge is -2.43. The first-order chi connectivity index (χ1) is 30.9. The zero-order chi connectivity index (χ0) is 47.3. The van der Waals surface area contributed by atoms with Crippen LogP contribution in [0.15, 0.2) is 54.7 Å². The molecule has 2 aliphatic rings. The SMILES string of the molecule is COc1cc(-c2cn(CC3O[C@H](OCC(=O)CN(Cc4ccccc4)C(=O)C(F)(F)F)C(C)[C@@H](C)[C@H]3OC(C)=O)nn2)ccc1COC(=O)NCCCCCC(=O)ON1C(=O)CCC1=O. The summed E-state index contributed by atoms with van der Waals surface area (Å²) >= 11 is 0. The molecule has 2 aromatic carbocycles. The van der Waals surface area contributed by atoms with E-state index in [9.17, 15) is 46.7 Å². The monoisotopic (exact) mass is 916 g/mol. The van der Waals surface area contributed by atoms with E-state index in [0.29, 0.717) is 57.4 Å². The highest BCUT2D eigenvalue weighted by Crippen LogP contribution is 2.35. The van der Waals surface area contributed by atoms with Crippen molar-refractivity contribution in [3.63, 3.8) is 0 Å². The number of nitrogens with zero attached hydrogens (tertiary/aromatic N) is 5. The standard InChI is InChI=1S/C43H51F3N6O13/c1-26-27(2)40(61-25-32(54)21-50(41(58)43(44,45)46)20-29-11-7-5-8-12-29)64-35(39(26)63-28(3)53)23-51-22-33(48-49-51)30-14-15-31(34(19-30)60-4)24-62-42(59)47-18-10-6-9-13-38(57)65-52-36(55)16-17-37(52)56/h5,7-8,11-12,14-15,19,22,26-27,35,39-40H,6,9-10,13,16-18,20-21,23-25H2,1-4H3,(H,47,59)/t26-,27?,35?,39-,40+/m1/s1. The molecule has 2 saturated heterocycles. The van der Waals surface area contributed by atoms with Gasteiger partial charge in [-0.15, -0.1) is 10.2 Å². The molecular weight excluding hydrogens is 865 g/mol. The second-order valence-corrected chi connectivity index (χ2v) is 15.5. The second kappa shape index (κ2) is 23.0. The number of alkyl carbamates (subject to hydrolysis) is 1. The minimum Gasteiger partial charge on any atom is -0.496 e. The van der Waals surface area contributed by atoms with Gasteiger partial charge < -0.3 is 38.7 Å². The summed E-state index contributed by atoms with van der Waals surface area (Å²) in [5.41, 5.74) is 1.97. The Morgan fingerprint density at radius 3 is 2.37 bits per heavy atom. The fourth-order valence-electron chi connectivity index (χ4n) is 7.08. The first kappa shape index (κ1) is 49.6. The van der Waals surface area contributed by atoms with Gasteiger partial charge in [0.1, 0.15) is 36.9 Å². The van der Waals surface area contributed by atoms with Crippen molar-refractivity contribution in [2.45, 2.75) is 104 Å². The number of halogens is 3. The van der Waals surface area contributed by atoms with Crippen LogP contribution in [0.5, 0.6) is 5.75 Å². The number of unbranched alkanes of at least 4 members (excludes halogenated alkanes) is 2. The van der Waals surface area contributed by atoms with Crippen molar-refractivity contribution < 1.29 is 75.3 Å². The number of hydroxylamine groups is 2. The van der Waals surface area contributed by atoms with Crippen LogP contribution in [0.25, 0.3) is 11.3 Å². The van der Waals surface area contributed by atoms with Gasteiger partial charge in [-0.1, -0.05) is 67.9 Å². The van der Waals surface area contributed by atoms with E-state index >= 15 is 0 Å². The molecule has 352 valence electrons. The van der Waals surface area contributed by atoms with Crippen LogP contribution in [-0.4, -0.2) is 118 Å². The van der Waals surface area contributed by atoms with Crippen molar-refractivity contribution >= 4 is 41.5 Å². The van der Waals surface area contributed by atoms with Crippen molar-refractivity contribution in [3.05, 3.63) is 65.9 Å². The van der Waals surface area contributed by atoms with E-state index in [4.69, 9.17) is 28.5 Å². The van der Waals surface area contributed by atoms with Crippen molar-refractivity contribution in [2.75, 3.05) is 26.8 Å². The van der Waals surface area contributed by atoms with Gasteiger partial charge in [0.15, 0.2) is 12.1 Å². The van der Waals surface area contributed by atoms with Gasteiger partial charge in [-0.25, -0.2) is 14.3 Å². The number of imide groups is 1. The van der Waals surface area contributed by atoms with Crippen LogP contribution >= 0.6 is 0 Å². The van der Waals surface area contributed by atoms with E-state index < -0.39 is 91.8 Å². The Morgan fingerprint density at radius 2 is 1.69 bits per heavy atom. The van der Waals surface area contributed by atoms with Crippen LogP contribution in [0, 0.1) is 11.8 Å². The fourth-order valence-corrected chi connectivity index (χ4v) is 7.08. The third-order valence-electron chi connectivity index (χ3n) is 10.6. The van der Waals surface area contributed by atoms with Crippen LogP contribution in [0.1, 0.15) is 70.4 Å². The zero-order valence-electron chi connectivity index (χ0n) is 36.2. The Bertz CT molecular complexity index is 2160. The van der Waals surface area contributed by atoms with Crippen LogP contribution in [0.2, 0.25) is 0 Å². The minimum absolute atomic E-state index is 0.00293. The quantitative estimate of drug-likeness (QED) is 0.0885. The lowest BCUT2D eigenvalue weighted by Crippen LogP contribution is -2.53. The van der Waals surface area contributed by atoms with E-state index in [1.165, 1.54) is 30.8 Å². The number of ketones is 1. The molecule has 4 amide bonds. The molecule has 19 nitrogen and oxygen atoms in total.